The van der Waals surface area contributed by atoms with E-state index in [1.807, 2.05) is 24.3 Å². The van der Waals surface area contributed by atoms with E-state index in [9.17, 15) is 14.4 Å². The highest BCUT2D eigenvalue weighted by Crippen LogP contribution is 2.33. The largest absolute Gasteiger partial charge is 0.484 e. The van der Waals surface area contributed by atoms with Crippen molar-refractivity contribution in [3.05, 3.63) is 54.1 Å². The van der Waals surface area contributed by atoms with Gasteiger partial charge in [-0.15, -0.1) is 0 Å². The number of amides is 4. The summed E-state index contributed by atoms with van der Waals surface area (Å²) in [5.74, 6) is -0.515. The summed E-state index contributed by atoms with van der Waals surface area (Å²) in [6, 6.07) is 15.8. The molecule has 1 saturated carbocycles. The van der Waals surface area contributed by atoms with E-state index in [0.717, 1.165) is 35.4 Å². The first-order valence-corrected chi connectivity index (χ1v) is 10.2. The van der Waals surface area contributed by atoms with Gasteiger partial charge in [0.05, 0.1) is 11.6 Å². The van der Waals surface area contributed by atoms with Crippen LogP contribution in [0, 0.1) is 11.3 Å². The van der Waals surface area contributed by atoms with Gasteiger partial charge in [-0.3, -0.25) is 15.0 Å². The number of imide groups is 1. The zero-order valence-electron chi connectivity index (χ0n) is 16.9. The molecule has 1 spiro atoms. The van der Waals surface area contributed by atoms with Crippen LogP contribution in [0.2, 0.25) is 0 Å². The summed E-state index contributed by atoms with van der Waals surface area (Å²) in [7, 11) is 0. The summed E-state index contributed by atoms with van der Waals surface area (Å²) >= 11 is 0. The van der Waals surface area contributed by atoms with E-state index in [-0.39, 0.29) is 6.61 Å². The van der Waals surface area contributed by atoms with Crippen molar-refractivity contribution in [2.45, 2.75) is 37.6 Å². The summed E-state index contributed by atoms with van der Waals surface area (Å²) in [6.45, 7) is -0.333. The predicted octanol–water partition coefficient (Wildman–Crippen LogP) is 2.89. The van der Waals surface area contributed by atoms with Crippen molar-refractivity contribution in [1.29, 1.82) is 5.26 Å². The van der Waals surface area contributed by atoms with Gasteiger partial charge in [-0.25, -0.2) is 4.79 Å². The van der Waals surface area contributed by atoms with E-state index in [2.05, 4.69) is 16.8 Å². The van der Waals surface area contributed by atoms with Gasteiger partial charge in [0.25, 0.3) is 11.8 Å². The Kier molecular flexibility index (Phi) is 5.58. The molecule has 2 aliphatic rings. The van der Waals surface area contributed by atoms with E-state index < -0.39 is 23.4 Å². The molecule has 4 rings (SSSR count). The molecule has 2 fully saturated rings. The van der Waals surface area contributed by atoms with Crippen molar-refractivity contribution < 1.29 is 19.1 Å². The highest BCUT2D eigenvalue weighted by atomic mass is 16.5. The standard InChI is InChI=1S/C23H22N4O4/c24-14-16-4-6-17(7-5-16)18-8-10-19(11-9-18)31-15-20(28)26-27-21(29)23(25-22(27)30)12-2-1-3-13-23/h4-11H,1-3,12-13,15H2,(H,25,30)(H,26,28). The highest BCUT2D eigenvalue weighted by Gasteiger charge is 2.52. The summed E-state index contributed by atoms with van der Waals surface area (Å²) in [5, 5.41) is 12.4. The van der Waals surface area contributed by atoms with E-state index in [1.165, 1.54) is 0 Å². The molecule has 1 aliphatic heterocycles. The quantitative estimate of drug-likeness (QED) is 0.725. The number of hydrazine groups is 1. The lowest BCUT2D eigenvalue weighted by Crippen LogP contribution is -2.51. The third-order valence-corrected chi connectivity index (χ3v) is 5.68. The van der Waals surface area contributed by atoms with Crippen molar-refractivity contribution >= 4 is 17.8 Å². The van der Waals surface area contributed by atoms with Gasteiger partial charge in [-0.05, 0) is 48.2 Å². The van der Waals surface area contributed by atoms with Crippen molar-refractivity contribution in [1.82, 2.24) is 15.8 Å². The number of hydrogen-bond donors (Lipinski definition) is 2. The number of carbonyl (C=O) groups is 3. The molecule has 2 aromatic rings. The third-order valence-electron chi connectivity index (χ3n) is 5.68. The van der Waals surface area contributed by atoms with Crippen molar-refractivity contribution in [2.24, 2.45) is 0 Å². The number of hydrogen-bond acceptors (Lipinski definition) is 5. The molecule has 0 aromatic heterocycles. The molecule has 0 bridgehead atoms. The summed E-state index contributed by atoms with van der Waals surface area (Å²) in [4.78, 5) is 37.1. The Hall–Kier alpha value is -3.86. The molecular weight excluding hydrogens is 396 g/mol. The smallest absolute Gasteiger partial charge is 0.344 e. The van der Waals surface area contributed by atoms with Crippen LogP contribution in [-0.4, -0.2) is 35.0 Å². The molecule has 8 heteroatoms. The maximum absolute atomic E-state index is 12.7. The van der Waals surface area contributed by atoms with Crippen LogP contribution in [-0.2, 0) is 9.59 Å². The monoisotopic (exact) mass is 418 g/mol. The Morgan fingerprint density at radius 1 is 1.03 bits per heavy atom. The van der Waals surface area contributed by atoms with Gasteiger partial charge in [0.15, 0.2) is 6.61 Å². The van der Waals surface area contributed by atoms with Crippen LogP contribution in [0.3, 0.4) is 0 Å². The second-order valence-corrected chi connectivity index (χ2v) is 7.75. The van der Waals surface area contributed by atoms with E-state index in [0.29, 0.717) is 24.2 Å². The van der Waals surface area contributed by atoms with Crippen molar-refractivity contribution in [3.63, 3.8) is 0 Å². The Morgan fingerprint density at radius 3 is 2.26 bits per heavy atom. The number of urea groups is 1. The molecule has 2 N–H and O–H groups in total. The van der Waals surface area contributed by atoms with Gasteiger partial charge in [0.1, 0.15) is 11.3 Å². The van der Waals surface area contributed by atoms with Gasteiger partial charge in [0, 0.05) is 0 Å². The van der Waals surface area contributed by atoms with Crippen molar-refractivity contribution in [3.8, 4) is 22.9 Å². The number of nitrogens with zero attached hydrogens (tertiary/aromatic N) is 2. The number of benzene rings is 2. The zero-order valence-corrected chi connectivity index (χ0v) is 16.9. The minimum Gasteiger partial charge on any atom is -0.484 e. The van der Waals surface area contributed by atoms with Crippen LogP contribution in [0.15, 0.2) is 48.5 Å². The van der Waals surface area contributed by atoms with Crippen LogP contribution < -0.4 is 15.5 Å². The van der Waals surface area contributed by atoms with E-state index in [4.69, 9.17) is 10.00 Å². The summed E-state index contributed by atoms with van der Waals surface area (Å²) < 4.78 is 5.49. The van der Waals surface area contributed by atoms with Gasteiger partial charge >= 0.3 is 6.03 Å². The van der Waals surface area contributed by atoms with Crippen LogP contribution in [0.5, 0.6) is 5.75 Å². The SMILES string of the molecule is N#Cc1ccc(-c2ccc(OCC(=O)NN3C(=O)NC4(CCCCC4)C3=O)cc2)cc1. The molecule has 4 amide bonds. The molecule has 8 nitrogen and oxygen atoms in total. The molecule has 1 aliphatic carbocycles. The molecule has 2 aromatic carbocycles. The number of nitriles is 1. The number of nitrogens with one attached hydrogen (secondary N) is 2. The molecule has 31 heavy (non-hydrogen) atoms. The molecule has 0 atom stereocenters. The fraction of sp³-hybridized carbons (Fsp3) is 0.304. The maximum Gasteiger partial charge on any atom is 0.344 e. The first-order valence-electron chi connectivity index (χ1n) is 10.2. The Bertz CT molecular complexity index is 1030. The van der Waals surface area contributed by atoms with Crippen LogP contribution in [0.1, 0.15) is 37.7 Å². The minimum atomic E-state index is -0.884. The average Bonchev–Trinajstić information content (AvgIpc) is 3.02. The normalized spacial score (nSPS) is 17.2. The fourth-order valence-electron chi connectivity index (χ4n) is 4.00. The zero-order chi connectivity index (χ0) is 21.8. The lowest BCUT2D eigenvalue weighted by molar-refractivity contribution is -0.140. The van der Waals surface area contributed by atoms with Crippen LogP contribution in [0.25, 0.3) is 11.1 Å². The van der Waals surface area contributed by atoms with Crippen LogP contribution >= 0.6 is 0 Å². The topological polar surface area (TPSA) is 112 Å². The Balaban J connectivity index is 1.32. The van der Waals surface area contributed by atoms with Gasteiger partial charge in [0.2, 0.25) is 0 Å². The van der Waals surface area contributed by atoms with Gasteiger partial charge in [-0.1, -0.05) is 43.5 Å². The molecule has 1 saturated heterocycles. The van der Waals surface area contributed by atoms with E-state index >= 15 is 0 Å². The molecule has 1 heterocycles. The highest BCUT2D eigenvalue weighted by molar-refractivity contribution is 6.08. The summed E-state index contributed by atoms with van der Waals surface area (Å²) in [6.07, 6.45) is 3.96. The van der Waals surface area contributed by atoms with Gasteiger partial charge in [-0.2, -0.15) is 10.3 Å². The minimum absolute atomic E-state index is 0.333. The van der Waals surface area contributed by atoms with Gasteiger partial charge < -0.3 is 10.1 Å². The average molecular weight is 418 g/mol. The summed E-state index contributed by atoms with van der Waals surface area (Å²) in [5.41, 5.74) is 3.96. The first-order chi connectivity index (χ1) is 15.0. The second kappa shape index (κ2) is 8.48. The molecule has 158 valence electrons. The maximum atomic E-state index is 12.7. The number of rotatable bonds is 5. The lowest BCUT2D eigenvalue weighted by Gasteiger charge is -2.30. The molecule has 0 unspecified atom stereocenters. The van der Waals surface area contributed by atoms with Crippen LogP contribution in [0.4, 0.5) is 4.79 Å². The predicted molar refractivity (Wildman–Crippen MR) is 111 cm³/mol. The first kappa shape index (κ1) is 20.4. The fourth-order valence-corrected chi connectivity index (χ4v) is 4.00. The van der Waals surface area contributed by atoms with Crippen molar-refractivity contribution in [2.75, 3.05) is 6.61 Å². The second-order valence-electron chi connectivity index (χ2n) is 7.75. The third kappa shape index (κ3) is 4.21. The Labute approximate surface area is 179 Å². The molecular formula is C23H22N4O4. The Morgan fingerprint density at radius 2 is 1.65 bits per heavy atom. The number of ether oxygens (including phenoxy) is 1. The molecule has 0 radical (unpaired) electrons. The number of carbonyl (C=O) groups excluding carboxylic acids is 3. The lowest BCUT2D eigenvalue weighted by atomic mass is 9.82. The van der Waals surface area contributed by atoms with E-state index in [1.54, 1.807) is 24.3 Å².